The van der Waals surface area contributed by atoms with Gasteiger partial charge >= 0.3 is 0 Å². The van der Waals surface area contributed by atoms with Crippen molar-refractivity contribution in [3.05, 3.63) is 22.4 Å². The van der Waals surface area contributed by atoms with Crippen LogP contribution < -0.4 is 5.32 Å². The second-order valence-electron chi connectivity index (χ2n) is 4.78. The van der Waals surface area contributed by atoms with E-state index in [1.807, 2.05) is 11.3 Å². The quantitative estimate of drug-likeness (QED) is 0.799. The molecule has 2 unspecified atom stereocenters. The summed E-state index contributed by atoms with van der Waals surface area (Å²) in [5, 5.41) is 5.84. The Bertz CT molecular complexity index is 287. The summed E-state index contributed by atoms with van der Waals surface area (Å²) in [4.78, 5) is 1.45. The maximum atomic E-state index is 3.70. The molecule has 78 valence electrons. The summed E-state index contributed by atoms with van der Waals surface area (Å²) >= 11 is 1.84. The van der Waals surface area contributed by atoms with Gasteiger partial charge in [-0.1, -0.05) is 13.0 Å². The molecule has 0 spiro atoms. The van der Waals surface area contributed by atoms with Crippen LogP contribution in [0.5, 0.6) is 0 Å². The molecule has 2 heteroatoms. The van der Waals surface area contributed by atoms with Crippen molar-refractivity contribution in [2.24, 2.45) is 5.41 Å². The fourth-order valence-corrected chi connectivity index (χ4v) is 2.57. The Morgan fingerprint density at radius 3 is 2.64 bits per heavy atom. The molecule has 0 radical (unpaired) electrons. The molecule has 1 saturated carbocycles. The highest BCUT2D eigenvalue weighted by Crippen LogP contribution is 2.48. The first-order valence-corrected chi connectivity index (χ1v) is 6.29. The largest absolute Gasteiger partial charge is 0.306 e. The van der Waals surface area contributed by atoms with Gasteiger partial charge in [-0.3, -0.25) is 0 Å². The number of thiophene rings is 1. The molecule has 1 nitrogen and oxygen atoms in total. The van der Waals surface area contributed by atoms with Crippen molar-refractivity contribution in [2.45, 2.75) is 45.7 Å². The third kappa shape index (κ3) is 2.01. The lowest BCUT2D eigenvalue weighted by atomic mass is 10.00. The molecule has 1 aromatic rings. The summed E-state index contributed by atoms with van der Waals surface area (Å²) in [5.41, 5.74) is 0.575. The maximum absolute atomic E-state index is 3.70. The van der Waals surface area contributed by atoms with Crippen LogP contribution in [0.1, 0.15) is 44.5 Å². The molecular formula is C12H19NS. The lowest BCUT2D eigenvalue weighted by Crippen LogP contribution is -2.34. The van der Waals surface area contributed by atoms with Crippen LogP contribution in [0.25, 0.3) is 0 Å². The van der Waals surface area contributed by atoms with Gasteiger partial charge in [-0.05, 0) is 43.6 Å². The van der Waals surface area contributed by atoms with Crippen LogP contribution in [0.3, 0.4) is 0 Å². The minimum absolute atomic E-state index is 0.502. The summed E-state index contributed by atoms with van der Waals surface area (Å²) in [6, 6.07) is 5.48. The molecule has 2 rings (SSSR count). The van der Waals surface area contributed by atoms with E-state index in [1.54, 1.807) is 0 Å². The van der Waals surface area contributed by atoms with Gasteiger partial charge in [0.1, 0.15) is 0 Å². The zero-order valence-corrected chi connectivity index (χ0v) is 10.0. The van der Waals surface area contributed by atoms with Gasteiger partial charge in [0, 0.05) is 17.0 Å². The van der Waals surface area contributed by atoms with Gasteiger partial charge in [0.2, 0.25) is 0 Å². The van der Waals surface area contributed by atoms with Gasteiger partial charge in [-0.15, -0.1) is 11.3 Å². The van der Waals surface area contributed by atoms with E-state index in [2.05, 4.69) is 43.6 Å². The molecule has 1 fully saturated rings. The minimum atomic E-state index is 0.502. The van der Waals surface area contributed by atoms with E-state index in [0.717, 1.165) is 0 Å². The van der Waals surface area contributed by atoms with Crippen LogP contribution in [0.15, 0.2) is 17.5 Å². The van der Waals surface area contributed by atoms with Gasteiger partial charge in [0.05, 0.1) is 0 Å². The lowest BCUT2D eigenvalue weighted by molar-refractivity contribution is 0.352. The molecule has 0 aromatic carbocycles. The van der Waals surface area contributed by atoms with Crippen LogP contribution in [0.2, 0.25) is 0 Å². The third-order valence-electron chi connectivity index (χ3n) is 3.55. The summed E-state index contributed by atoms with van der Waals surface area (Å²) in [6.45, 7) is 6.96. The Hall–Kier alpha value is -0.340. The molecule has 1 aliphatic rings. The lowest BCUT2D eigenvalue weighted by Gasteiger charge is -2.24. The van der Waals surface area contributed by atoms with E-state index in [-0.39, 0.29) is 0 Å². The number of rotatable bonds is 4. The van der Waals surface area contributed by atoms with Gasteiger partial charge in [-0.2, -0.15) is 0 Å². The Balaban J connectivity index is 1.91. The van der Waals surface area contributed by atoms with Crippen LogP contribution in [0, 0.1) is 5.41 Å². The Labute approximate surface area is 90.5 Å². The normalized spacial score (nSPS) is 23.1. The first kappa shape index (κ1) is 10.2. The van der Waals surface area contributed by atoms with Crippen molar-refractivity contribution < 1.29 is 0 Å². The average Bonchev–Trinajstić information content (AvgIpc) is 2.71. The molecule has 1 aliphatic carbocycles. The minimum Gasteiger partial charge on any atom is -0.306 e. The van der Waals surface area contributed by atoms with E-state index in [9.17, 15) is 0 Å². The summed E-state index contributed by atoms with van der Waals surface area (Å²) in [5.74, 6) is 0. The molecule has 0 amide bonds. The van der Waals surface area contributed by atoms with E-state index in [0.29, 0.717) is 17.5 Å². The summed E-state index contributed by atoms with van der Waals surface area (Å²) < 4.78 is 0. The fraction of sp³-hybridized carbons (Fsp3) is 0.667. The molecule has 0 bridgehead atoms. The van der Waals surface area contributed by atoms with Crippen LogP contribution in [0.4, 0.5) is 0 Å². The summed E-state index contributed by atoms with van der Waals surface area (Å²) in [7, 11) is 0. The Morgan fingerprint density at radius 2 is 2.14 bits per heavy atom. The fourth-order valence-electron chi connectivity index (χ4n) is 1.83. The van der Waals surface area contributed by atoms with Gasteiger partial charge in [-0.25, -0.2) is 0 Å². The molecule has 1 N–H and O–H groups in total. The topological polar surface area (TPSA) is 12.0 Å². The molecule has 14 heavy (non-hydrogen) atoms. The van der Waals surface area contributed by atoms with Crippen molar-refractivity contribution in [2.75, 3.05) is 0 Å². The van der Waals surface area contributed by atoms with Crippen molar-refractivity contribution in [3.8, 4) is 0 Å². The molecule has 0 aliphatic heterocycles. The zero-order valence-electron chi connectivity index (χ0n) is 9.21. The highest BCUT2D eigenvalue weighted by molar-refractivity contribution is 7.10. The predicted octanol–water partition coefficient (Wildman–Crippen LogP) is 3.59. The van der Waals surface area contributed by atoms with Crippen molar-refractivity contribution >= 4 is 11.3 Å². The van der Waals surface area contributed by atoms with Crippen LogP contribution in [-0.4, -0.2) is 6.04 Å². The van der Waals surface area contributed by atoms with Crippen molar-refractivity contribution in [1.82, 2.24) is 5.32 Å². The first-order chi connectivity index (χ1) is 6.62. The second-order valence-corrected chi connectivity index (χ2v) is 5.76. The van der Waals surface area contributed by atoms with Gasteiger partial charge in [0.15, 0.2) is 0 Å². The third-order valence-corrected chi connectivity index (χ3v) is 4.61. The monoisotopic (exact) mass is 209 g/mol. The number of nitrogens with one attached hydrogen (secondary N) is 1. The predicted molar refractivity (Wildman–Crippen MR) is 62.7 cm³/mol. The van der Waals surface area contributed by atoms with E-state index >= 15 is 0 Å². The summed E-state index contributed by atoms with van der Waals surface area (Å²) in [6.07, 6.45) is 2.77. The van der Waals surface area contributed by atoms with Crippen LogP contribution in [-0.2, 0) is 0 Å². The maximum Gasteiger partial charge on any atom is 0.0388 e. The molecule has 0 saturated heterocycles. The van der Waals surface area contributed by atoms with E-state index in [1.165, 1.54) is 17.7 Å². The van der Waals surface area contributed by atoms with E-state index < -0.39 is 0 Å². The number of hydrogen-bond donors (Lipinski definition) is 1. The van der Waals surface area contributed by atoms with Gasteiger partial charge < -0.3 is 5.32 Å². The second kappa shape index (κ2) is 3.67. The van der Waals surface area contributed by atoms with Gasteiger partial charge in [0.25, 0.3) is 0 Å². The smallest absolute Gasteiger partial charge is 0.0388 e. The van der Waals surface area contributed by atoms with E-state index in [4.69, 9.17) is 0 Å². The van der Waals surface area contributed by atoms with Crippen molar-refractivity contribution in [1.29, 1.82) is 0 Å². The Morgan fingerprint density at radius 1 is 1.43 bits per heavy atom. The molecular weight excluding hydrogens is 190 g/mol. The molecule has 2 atom stereocenters. The Kier molecular flexibility index (Phi) is 2.67. The highest BCUT2D eigenvalue weighted by Gasteiger charge is 2.42. The number of hydrogen-bond acceptors (Lipinski definition) is 2. The average molecular weight is 209 g/mol. The molecule has 1 aromatic heterocycles. The zero-order chi connectivity index (χ0) is 10.2. The van der Waals surface area contributed by atoms with Crippen molar-refractivity contribution in [3.63, 3.8) is 0 Å². The van der Waals surface area contributed by atoms with Crippen LogP contribution >= 0.6 is 11.3 Å². The highest BCUT2D eigenvalue weighted by atomic mass is 32.1. The standard InChI is InChI=1S/C12H19NS/c1-9(11-5-4-8-14-11)13-10(2)12(3)6-7-12/h4-5,8-10,13H,6-7H2,1-3H3. The SMILES string of the molecule is CC(NC(C)C1(C)CC1)c1cccs1. The molecule has 1 heterocycles. The first-order valence-electron chi connectivity index (χ1n) is 5.41.